The molecule has 9 nitrogen and oxygen atoms in total. The maximum absolute atomic E-state index is 12.9. The number of nitrogens with one attached hydrogen (secondary N) is 2. The number of phenolic OH excluding ortho intramolecular Hbond substituents is 1. The lowest BCUT2D eigenvalue weighted by molar-refractivity contribution is -0.142. The van der Waals surface area contributed by atoms with Crippen molar-refractivity contribution in [2.24, 2.45) is 5.73 Å². The Morgan fingerprint density at radius 1 is 0.968 bits per heavy atom. The lowest BCUT2D eigenvalue weighted by Crippen LogP contribution is -2.53. The zero-order chi connectivity index (χ0) is 22.4. The van der Waals surface area contributed by atoms with Gasteiger partial charge in [-0.05, 0) is 29.3 Å². The average molecular weight is 423 g/mol. The van der Waals surface area contributed by atoms with Gasteiger partial charge in [-0.1, -0.05) is 30.3 Å². The molecule has 0 bridgehead atoms. The summed E-state index contributed by atoms with van der Waals surface area (Å²) in [5.41, 5.74) is 8.28. The van der Waals surface area contributed by atoms with Crippen molar-refractivity contribution in [1.82, 2.24) is 16.0 Å². The topological polar surface area (TPSA) is 156 Å². The molecule has 0 spiro atoms. The predicted molar refractivity (Wildman–Crippen MR) is 113 cm³/mol. The largest absolute Gasteiger partial charge is 0.508 e. The van der Waals surface area contributed by atoms with Crippen LogP contribution in [0.25, 0.3) is 5.57 Å². The highest BCUT2D eigenvalue weighted by atomic mass is 16.4. The van der Waals surface area contributed by atoms with Crippen LogP contribution < -0.4 is 21.7 Å². The first-order chi connectivity index (χ1) is 14.9. The minimum atomic E-state index is -1.21. The van der Waals surface area contributed by atoms with Gasteiger partial charge in [-0.3, -0.25) is 14.9 Å². The van der Waals surface area contributed by atoms with E-state index < -0.39 is 29.9 Å². The molecule has 2 aromatic carbocycles. The van der Waals surface area contributed by atoms with Crippen molar-refractivity contribution < 1.29 is 24.6 Å². The van der Waals surface area contributed by atoms with Gasteiger partial charge in [0.25, 0.3) is 0 Å². The van der Waals surface area contributed by atoms with Crippen LogP contribution >= 0.6 is 0 Å². The number of carboxylic acid groups (broad SMARTS) is 1. The number of fused-ring (bicyclic) bond motifs is 1. The number of hydrogen-bond donors (Lipinski definition) is 5. The summed E-state index contributed by atoms with van der Waals surface area (Å²) in [6.07, 6.45) is 1.74. The van der Waals surface area contributed by atoms with Crippen LogP contribution in [0.15, 0.2) is 54.7 Å². The standard InChI is InChI=1S/C22H23N4O5/c23-11-20(28)25-18(9-13-5-7-15(27)8-6-13)21(29)26-19(22(30)31)10-14-12-24-17-4-2-1-3-16(14)17/h1-8,12,18-19,27H,9-11,23H2,(H,25,28)(H,26,29)(H,30,31)/t18-,19-/m0/s1. The average Bonchev–Trinajstić information content (AvgIpc) is 3.17. The molecule has 2 aromatic rings. The van der Waals surface area contributed by atoms with Gasteiger partial charge in [-0.15, -0.1) is 0 Å². The predicted octanol–water partition coefficient (Wildman–Crippen LogP) is 0.628. The zero-order valence-corrected chi connectivity index (χ0v) is 16.6. The summed E-state index contributed by atoms with van der Waals surface area (Å²) >= 11 is 0. The van der Waals surface area contributed by atoms with Crippen LogP contribution in [0.3, 0.4) is 0 Å². The number of carbonyl (C=O) groups is 3. The molecule has 31 heavy (non-hydrogen) atoms. The minimum Gasteiger partial charge on any atom is -0.508 e. The van der Waals surface area contributed by atoms with Crippen molar-refractivity contribution >= 4 is 29.0 Å². The van der Waals surface area contributed by atoms with Gasteiger partial charge in [0.2, 0.25) is 11.8 Å². The van der Waals surface area contributed by atoms with Crippen molar-refractivity contribution in [3.8, 4) is 5.75 Å². The summed E-state index contributed by atoms with van der Waals surface area (Å²) < 4.78 is 0. The second-order valence-corrected chi connectivity index (χ2v) is 7.10. The van der Waals surface area contributed by atoms with E-state index in [4.69, 9.17) is 5.73 Å². The molecule has 0 saturated heterocycles. The first-order valence-electron chi connectivity index (χ1n) is 9.67. The van der Waals surface area contributed by atoms with Crippen LogP contribution in [0.1, 0.15) is 17.5 Å². The Balaban J connectivity index is 1.73. The van der Waals surface area contributed by atoms with Crippen LogP contribution in [0, 0.1) is 0 Å². The normalized spacial score (nSPS) is 13.9. The van der Waals surface area contributed by atoms with Crippen LogP contribution in [0.4, 0.5) is 5.69 Å². The Morgan fingerprint density at radius 2 is 1.68 bits per heavy atom. The van der Waals surface area contributed by atoms with E-state index in [0.717, 1.165) is 11.3 Å². The number of amides is 2. The molecular weight excluding hydrogens is 400 g/mol. The SMILES string of the molecule is NCC(=O)N[C@@H](Cc1ccc(O)cc1)C(=O)N[C@@H](CC1=C[N]c2ccccc21)C(=O)O. The number of phenols is 1. The number of hydrogen-bond acceptors (Lipinski definition) is 5. The third kappa shape index (κ3) is 5.61. The molecule has 0 fully saturated rings. The summed E-state index contributed by atoms with van der Waals surface area (Å²) in [6.45, 7) is -0.313. The van der Waals surface area contributed by atoms with Crippen molar-refractivity contribution in [1.29, 1.82) is 0 Å². The Kier molecular flexibility index (Phi) is 6.88. The maximum Gasteiger partial charge on any atom is 0.326 e. The van der Waals surface area contributed by atoms with E-state index in [9.17, 15) is 24.6 Å². The fourth-order valence-electron chi connectivity index (χ4n) is 3.26. The van der Waals surface area contributed by atoms with Gasteiger partial charge in [-0.2, -0.15) is 0 Å². The molecule has 1 heterocycles. The third-order valence-corrected chi connectivity index (χ3v) is 4.86. The minimum absolute atomic E-state index is 0.0400. The fourth-order valence-corrected chi connectivity index (χ4v) is 3.26. The monoisotopic (exact) mass is 423 g/mol. The third-order valence-electron chi connectivity index (χ3n) is 4.86. The molecule has 3 rings (SSSR count). The highest BCUT2D eigenvalue weighted by Gasteiger charge is 2.29. The van der Waals surface area contributed by atoms with Crippen LogP contribution in [-0.2, 0) is 20.8 Å². The summed E-state index contributed by atoms with van der Waals surface area (Å²) in [5, 5.41) is 28.4. The molecule has 6 N–H and O–H groups in total. The van der Waals surface area contributed by atoms with Crippen molar-refractivity contribution in [2.45, 2.75) is 24.9 Å². The molecule has 1 radical (unpaired) electrons. The second kappa shape index (κ2) is 9.77. The van der Waals surface area contributed by atoms with Gasteiger partial charge >= 0.3 is 5.97 Å². The zero-order valence-electron chi connectivity index (χ0n) is 16.6. The Labute approximate surface area is 179 Å². The molecule has 9 heteroatoms. The second-order valence-electron chi connectivity index (χ2n) is 7.10. The van der Waals surface area contributed by atoms with Gasteiger partial charge in [0, 0.05) is 24.6 Å². The fraction of sp³-hybridized carbons (Fsp3) is 0.227. The summed E-state index contributed by atoms with van der Waals surface area (Å²) in [7, 11) is 0. The first kappa shape index (κ1) is 21.8. The molecule has 1 aliphatic rings. The number of aliphatic carboxylic acids is 1. The van der Waals surface area contributed by atoms with Crippen molar-refractivity contribution in [3.63, 3.8) is 0 Å². The van der Waals surface area contributed by atoms with Crippen molar-refractivity contribution in [3.05, 3.63) is 65.9 Å². The van der Waals surface area contributed by atoms with Gasteiger partial charge in [0.05, 0.1) is 12.2 Å². The lowest BCUT2D eigenvalue weighted by Gasteiger charge is -2.22. The van der Waals surface area contributed by atoms with E-state index in [1.165, 1.54) is 12.1 Å². The summed E-state index contributed by atoms with van der Waals surface area (Å²) in [6, 6.07) is 11.2. The maximum atomic E-state index is 12.9. The molecule has 2 atom stereocenters. The lowest BCUT2D eigenvalue weighted by atomic mass is 9.99. The van der Waals surface area contributed by atoms with E-state index in [2.05, 4.69) is 16.0 Å². The molecular formula is C22H23N4O5. The first-order valence-corrected chi connectivity index (χ1v) is 9.67. The van der Waals surface area contributed by atoms with Gasteiger partial charge in [-0.25, -0.2) is 4.79 Å². The van der Waals surface area contributed by atoms with E-state index >= 15 is 0 Å². The van der Waals surface area contributed by atoms with E-state index in [-0.39, 0.29) is 25.1 Å². The van der Waals surface area contributed by atoms with Crippen LogP contribution in [0.5, 0.6) is 5.75 Å². The highest BCUT2D eigenvalue weighted by Crippen LogP contribution is 2.32. The van der Waals surface area contributed by atoms with E-state index in [0.29, 0.717) is 11.1 Å². The number of benzene rings is 2. The Morgan fingerprint density at radius 3 is 2.35 bits per heavy atom. The number of carbonyl (C=O) groups excluding carboxylic acids is 2. The summed E-state index contributed by atoms with van der Waals surface area (Å²) in [4.78, 5) is 36.5. The molecule has 161 valence electrons. The molecule has 1 aliphatic heterocycles. The number of nitrogens with two attached hydrogens (primary N) is 1. The number of carboxylic acids is 1. The van der Waals surface area contributed by atoms with Gasteiger partial charge < -0.3 is 26.6 Å². The van der Waals surface area contributed by atoms with Gasteiger partial charge in [0.1, 0.15) is 17.8 Å². The molecule has 0 saturated carbocycles. The molecule has 0 unspecified atom stereocenters. The number of nitrogens with zero attached hydrogens (tertiary/aromatic N) is 1. The molecule has 0 aliphatic carbocycles. The van der Waals surface area contributed by atoms with E-state index in [1.807, 2.05) is 24.3 Å². The Hall–Kier alpha value is -3.85. The smallest absolute Gasteiger partial charge is 0.326 e. The number of aromatic hydroxyl groups is 1. The number of para-hydroxylation sites is 1. The quantitative estimate of drug-likeness (QED) is 0.398. The highest BCUT2D eigenvalue weighted by molar-refractivity contribution is 5.92. The van der Waals surface area contributed by atoms with Gasteiger partial charge in [0.15, 0.2) is 0 Å². The Bertz CT molecular complexity index is 1000. The van der Waals surface area contributed by atoms with Crippen LogP contribution in [-0.4, -0.2) is 46.6 Å². The number of rotatable bonds is 9. The molecule has 2 amide bonds. The van der Waals surface area contributed by atoms with Crippen LogP contribution in [0.2, 0.25) is 0 Å². The van der Waals surface area contributed by atoms with E-state index in [1.54, 1.807) is 18.3 Å². The molecule has 0 aromatic heterocycles. The summed E-state index contributed by atoms with van der Waals surface area (Å²) in [5.74, 6) is -2.33. The van der Waals surface area contributed by atoms with Crippen molar-refractivity contribution in [2.75, 3.05) is 6.54 Å².